The van der Waals surface area contributed by atoms with E-state index in [0.29, 0.717) is 6.04 Å². The number of hydrogen-bond acceptors (Lipinski definition) is 3. The first-order valence-electron chi connectivity index (χ1n) is 8.01. The third-order valence-electron chi connectivity index (χ3n) is 4.50. The number of phenolic OH excluding ortho intramolecular Hbond substituents is 2. The van der Waals surface area contributed by atoms with Gasteiger partial charge in [0, 0.05) is 12.6 Å². The lowest BCUT2D eigenvalue weighted by Crippen LogP contribution is -2.37. The van der Waals surface area contributed by atoms with Crippen LogP contribution in [0, 0.1) is 0 Å². The van der Waals surface area contributed by atoms with Crippen LogP contribution < -0.4 is 0 Å². The van der Waals surface area contributed by atoms with E-state index in [0.717, 1.165) is 37.9 Å². The van der Waals surface area contributed by atoms with Crippen LogP contribution in [-0.4, -0.2) is 28.2 Å². The monoisotopic (exact) mass is 297 g/mol. The molecule has 0 radical (unpaired) electrons. The highest BCUT2D eigenvalue weighted by molar-refractivity contribution is 5.42. The Bertz CT molecular complexity index is 654. The molecule has 3 heteroatoms. The molecule has 1 aliphatic heterocycles. The first kappa shape index (κ1) is 14.9. The van der Waals surface area contributed by atoms with Gasteiger partial charge in [-0.15, -0.1) is 0 Å². The summed E-state index contributed by atoms with van der Waals surface area (Å²) in [6.07, 6.45) is 3.10. The Kier molecular flexibility index (Phi) is 4.34. The summed E-state index contributed by atoms with van der Waals surface area (Å²) < 4.78 is 0. The minimum Gasteiger partial charge on any atom is -0.504 e. The van der Waals surface area contributed by atoms with E-state index >= 15 is 0 Å². The van der Waals surface area contributed by atoms with Crippen molar-refractivity contribution < 1.29 is 10.2 Å². The highest BCUT2D eigenvalue weighted by Crippen LogP contribution is 2.34. The fraction of sp³-hybridized carbons (Fsp3) is 0.368. The lowest BCUT2D eigenvalue weighted by molar-refractivity contribution is 0.184. The molecule has 3 rings (SSSR count). The molecular weight excluding hydrogens is 274 g/mol. The molecule has 2 aromatic carbocycles. The quantitative estimate of drug-likeness (QED) is 0.847. The van der Waals surface area contributed by atoms with Gasteiger partial charge in [-0.1, -0.05) is 37.3 Å². The predicted molar refractivity (Wildman–Crippen MR) is 88.2 cm³/mol. The van der Waals surface area contributed by atoms with Gasteiger partial charge in [-0.2, -0.15) is 0 Å². The van der Waals surface area contributed by atoms with Gasteiger partial charge in [0.15, 0.2) is 11.5 Å². The topological polar surface area (TPSA) is 43.7 Å². The Morgan fingerprint density at radius 1 is 1.09 bits per heavy atom. The molecule has 0 bridgehead atoms. The van der Waals surface area contributed by atoms with E-state index in [1.165, 1.54) is 11.1 Å². The largest absolute Gasteiger partial charge is 0.504 e. The van der Waals surface area contributed by atoms with Gasteiger partial charge in [0.25, 0.3) is 0 Å². The van der Waals surface area contributed by atoms with Crippen LogP contribution in [0.25, 0.3) is 0 Å². The van der Waals surface area contributed by atoms with Crippen LogP contribution >= 0.6 is 0 Å². The molecule has 0 fully saturated rings. The minimum absolute atomic E-state index is 0.0383. The van der Waals surface area contributed by atoms with Crippen molar-refractivity contribution in [2.75, 3.05) is 13.1 Å². The second-order valence-electron chi connectivity index (χ2n) is 6.03. The normalized spacial score (nSPS) is 18.1. The number of phenols is 2. The summed E-state index contributed by atoms with van der Waals surface area (Å²) in [6, 6.07) is 14.2. The van der Waals surface area contributed by atoms with E-state index in [9.17, 15) is 10.2 Å². The summed E-state index contributed by atoms with van der Waals surface area (Å²) in [6.45, 7) is 4.38. The second-order valence-corrected chi connectivity index (χ2v) is 6.03. The van der Waals surface area contributed by atoms with Crippen molar-refractivity contribution in [3.63, 3.8) is 0 Å². The molecule has 0 amide bonds. The molecule has 22 heavy (non-hydrogen) atoms. The Balaban J connectivity index is 1.91. The van der Waals surface area contributed by atoms with Crippen LogP contribution in [0.5, 0.6) is 11.5 Å². The van der Waals surface area contributed by atoms with Crippen LogP contribution in [0.1, 0.15) is 36.1 Å². The summed E-state index contributed by atoms with van der Waals surface area (Å²) >= 11 is 0. The van der Waals surface area contributed by atoms with E-state index in [4.69, 9.17) is 0 Å². The standard InChI is InChI=1S/C19H23NO2/c1-2-10-20-11-9-15-5-3-4-6-16(15)17(20)12-14-7-8-18(21)19(22)13-14/h3-8,13,17,21-22H,2,9-12H2,1H3/t17-/m1/s1. The second kappa shape index (κ2) is 6.41. The van der Waals surface area contributed by atoms with Gasteiger partial charge in [0.1, 0.15) is 0 Å². The summed E-state index contributed by atoms with van der Waals surface area (Å²) in [7, 11) is 0. The molecule has 0 saturated heterocycles. The average molecular weight is 297 g/mol. The summed E-state index contributed by atoms with van der Waals surface area (Å²) in [5.41, 5.74) is 3.88. The van der Waals surface area contributed by atoms with Gasteiger partial charge >= 0.3 is 0 Å². The van der Waals surface area contributed by atoms with Crippen LogP contribution in [0.2, 0.25) is 0 Å². The highest BCUT2D eigenvalue weighted by Gasteiger charge is 2.26. The number of rotatable bonds is 4. The molecule has 1 atom stereocenters. The van der Waals surface area contributed by atoms with Crippen molar-refractivity contribution in [1.29, 1.82) is 0 Å². The van der Waals surface area contributed by atoms with Crippen LogP contribution in [0.15, 0.2) is 42.5 Å². The molecule has 0 unspecified atom stereocenters. The van der Waals surface area contributed by atoms with Crippen LogP contribution in [-0.2, 0) is 12.8 Å². The van der Waals surface area contributed by atoms with E-state index < -0.39 is 0 Å². The lowest BCUT2D eigenvalue weighted by atomic mass is 9.88. The zero-order valence-corrected chi connectivity index (χ0v) is 13.0. The zero-order valence-electron chi connectivity index (χ0n) is 13.0. The Labute approximate surface area is 131 Å². The molecule has 0 spiro atoms. The first-order chi connectivity index (χ1) is 10.7. The third kappa shape index (κ3) is 2.95. The first-order valence-corrected chi connectivity index (χ1v) is 8.01. The maximum absolute atomic E-state index is 9.73. The summed E-state index contributed by atoms with van der Waals surface area (Å²) in [5, 5.41) is 19.2. The fourth-order valence-corrected chi connectivity index (χ4v) is 3.42. The summed E-state index contributed by atoms with van der Waals surface area (Å²) in [4.78, 5) is 2.53. The van der Waals surface area contributed by atoms with Crippen LogP contribution in [0.3, 0.4) is 0 Å². The number of fused-ring (bicyclic) bond motifs is 1. The van der Waals surface area contributed by atoms with Crippen molar-refractivity contribution in [1.82, 2.24) is 4.90 Å². The molecule has 116 valence electrons. The number of aromatic hydroxyl groups is 2. The van der Waals surface area contributed by atoms with E-state index in [2.05, 4.69) is 36.1 Å². The van der Waals surface area contributed by atoms with E-state index in [-0.39, 0.29) is 11.5 Å². The van der Waals surface area contributed by atoms with Gasteiger partial charge in [0.05, 0.1) is 0 Å². The minimum atomic E-state index is -0.0572. The Morgan fingerprint density at radius 2 is 1.91 bits per heavy atom. The SMILES string of the molecule is CCCN1CCc2ccccc2[C@H]1Cc1ccc(O)c(O)c1. The van der Waals surface area contributed by atoms with Crippen molar-refractivity contribution in [2.45, 2.75) is 32.2 Å². The van der Waals surface area contributed by atoms with Crippen molar-refractivity contribution in [3.8, 4) is 11.5 Å². The summed E-state index contributed by atoms with van der Waals surface area (Å²) in [5.74, 6) is -0.0955. The van der Waals surface area contributed by atoms with Gasteiger partial charge in [-0.3, -0.25) is 4.90 Å². The zero-order chi connectivity index (χ0) is 15.5. The molecular formula is C19H23NO2. The van der Waals surface area contributed by atoms with E-state index in [1.807, 2.05) is 6.07 Å². The molecule has 1 heterocycles. The van der Waals surface area contributed by atoms with Crippen molar-refractivity contribution in [2.24, 2.45) is 0 Å². The molecule has 2 aromatic rings. The fourth-order valence-electron chi connectivity index (χ4n) is 3.42. The highest BCUT2D eigenvalue weighted by atomic mass is 16.3. The van der Waals surface area contributed by atoms with E-state index in [1.54, 1.807) is 12.1 Å². The Morgan fingerprint density at radius 3 is 2.68 bits per heavy atom. The smallest absolute Gasteiger partial charge is 0.157 e. The third-order valence-corrected chi connectivity index (χ3v) is 4.50. The molecule has 0 saturated carbocycles. The predicted octanol–water partition coefficient (Wildman–Crippen LogP) is 3.65. The average Bonchev–Trinajstić information content (AvgIpc) is 2.53. The Hall–Kier alpha value is -2.00. The number of benzene rings is 2. The molecule has 0 aliphatic carbocycles. The molecule has 2 N–H and O–H groups in total. The lowest BCUT2D eigenvalue weighted by Gasteiger charge is -2.37. The maximum Gasteiger partial charge on any atom is 0.157 e. The molecule has 1 aliphatic rings. The maximum atomic E-state index is 9.73. The van der Waals surface area contributed by atoms with Crippen LogP contribution in [0.4, 0.5) is 0 Å². The van der Waals surface area contributed by atoms with Crippen molar-refractivity contribution >= 4 is 0 Å². The van der Waals surface area contributed by atoms with Gasteiger partial charge < -0.3 is 10.2 Å². The molecule has 3 nitrogen and oxygen atoms in total. The number of nitrogens with zero attached hydrogens (tertiary/aromatic N) is 1. The van der Waals surface area contributed by atoms with Gasteiger partial charge in [0.2, 0.25) is 0 Å². The van der Waals surface area contributed by atoms with Gasteiger partial charge in [-0.25, -0.2) is 0 Å². The number of hydrogen-bond donors (Lipinski definition) is 2. The molecule has 0 aromatic heterocycles. The van der Waals surface area contributed by atoms with Gasteiger partial charge in [-0.05, 0) is 54.6 Å². The van der Waals surface area contributed by atoms with Crippen molar-refractivity contribution in [3.05, 3.63) is 59.2 Å².